The summed E-state index contributed by atoms with van der Waals surface area (Å²) in [6, 6.07) is 0. The summed E-state index contributed by atoms with van der Waals surface area (Å²) in [6.07, 6.45) is 5.04. The maximum Gasteiger partial charge on any atom is 0.234 e. The molecule has 2 atom stereocenters. The molecule has 0 N–H and O–H groups in total. The van der Waals surface area contributed by atoms with E-state index in [-0.39, 0.29) is 38.8 Å². The number of carboxylic acid groups (broad SMARTS) is 2. The molecule has 8 nitrogen and oxygen atoms in total. The van der Waals surface area contributed by atoms with Gasteiger partial charge >= 0.3 is 0 Å². The monoisotopic (exact) mass is 306 g/mol. The number of carboxylic acids is 2. The number of hydrogen-bond acceptors (Lipinski definition) is 8. The SMILES string of the molecule is O=C=NCCC1(C(=O)[O-])CC=CCC1(CCN=C=O)C(=O)[O-]. The fraction of sp³-hybridized carbons (Fsp3) is 0.571. The second-order valence-electron chi connectivity index (χ2n) is 5.06. The zero-order valence-corrected chi connectivity index (χ0v) is 11.7. The molecule has 0 aromatic rings. The van der Waals surface area contributed by atoms with Gasteiger partial charge in [0.15, 0.2) is 0 Å². The van der Waals surface area contributed by atoms with Crippen molar-refractivity contribution in [2.75, 3.05) is 13.1 Å². The van der Waals surface area contributed by atoms with Crippen molar-refractivity contribution in [2.45, 2.75) is 25.7 Å². The molecule has 0 spiro atoms. The van der Waals surface area contributed by atoms with Crippen LogP contribution < -0.4 is 10.2 Å². The minimum Gasteiger partial charge on any atom is -0.550 e. The number of isocyanates is 2. The predicted octanol–water partition coefficient (Wildman–Crippen LogP) is -1.74. The lowest BCUT2D eigenvalue weighted by Gasteiger charge is -2.53. The van der Waals surface area contributed by atoms with Crippen LogP contribution in [0.25, 0.3) is 0 Å². The van der Waals surface area contributed by atoms with Gasteiger partial charge in [0.05, 0.1) is 13.1 Å². The van der Waals surface area contributed by atoms with Crippen LogP contribution in [0.1, 0.15) is 25.7 Å². The van der Waals surface area contributed by atoms with Crippen LogP contribution in [-0.2, 0) is 19.2 Å². The van der Waals surface area contributed by atoms with Crippen LogP contribution in [0.2, 0.25) is 0 Å². The van der Waals surface area contributed by atoms with Crippen LogP contribution in [0.4, 0.5) is 0 Å². The average Bonchev–Trinajstić information content (AvgIpc) is 2.48. The molecule has 1 aliphatic carbocycles. The summed E-state index contributed by atoms with van der Waals surface area (Å²) in [5.74, 6) is -3.12. The fourth-order valence-corrected chi connectivity index (χ4v) is 2.99. The van der Waals surface area contributed by atoms with Crippen molar-refractivity contribution in [1.82, 2.24) is 0 Å². The van der Waals surface area contributed by atoms with E-state index in [1.807, 2.05) is 0 Å². The maximum absolute atomic E-state index is 11.7. The summed E-state index contributed by atoms with van der Waals surface area (Å²) in [7, 11) is 0. The van der Waals surface area contributed by atoms with Gasteiger partial charge in [-0.3, -0.25) is 0 Å². The zero-order valence-electron chi connectivity index (χ0n) is 11.7. The van der Waals surface area contributed by atoms with Gasteiger partial charge in [0.2, 0.25) is 12.2 Å². The van der Waals surface area contributed by atoms with Crippen LogP contribution in [0.5, 0.6) is 0 Å². The Labute approximate surface area is 126 Å². The smallest absolute Gasteiger partial charge is 0.234 e. The van der Waals surface area contributed by atoms with E-state index in [1.165, 1.54) is 12.2 Å². The van der Waals surface area contributed by atoms with Crippen LogP contribution in [0.3, 0.4) is 0 Å². The highest BCUT2D eigenvalue weighted by molar-refractivity contribution is 5.85. The Bertz CT molecular complexity index is 524. The van der Waals surface area contributed by atoms with Crippen LogP contribution >= 0.6 is 0 Å². The zero-order chi connectivity index (χ0) is 16.6. The number of carbonyl (C=O) groups is 2. The number of aliphatic imine (C=N–C) groups is 2. The number of nitrogens with zero attached hydrogens (tertiary/aromatic N) is 2. The van der Waals surface area contributed by atoms with Crippen LogP contribution in [-0.4, -0.2) is 37.2 Å². The van der Waals surface area contributed by atoms with Gasteiger partial charge in [-0.1, -0.05) is 12.2 Å². The second-order valence-corrected chi connectivity index (χ2v) is 5.06. The molecule has 0 radical (unpaired) electrons. The number of rotatable bonds is 8. The maximum atomic E-state index is 11.7. The molecular weight excluding hydrogens is 292 g/mol. The lowest BCUT2D eigenvalue weighted by atomic mass is 9.54. The standard InChI is InChI=1S/C14H16N2O6/c17-9-15-7-5-13(11(19)20)3-1-2-4-14(13,12(21)22)6-8-16-10-18/h1-2H,3-8H2,(H,19,20)(H,21,22)/p-2. The second kappa shape index (κ2) is 7.45. The van der Waals surface area contributed by atoms with Gasteiger partial charge in [0, 0.05) is 22.8 Å². The summed E-state index contributed by atoms with van der Waals surface area (Å²) in [5, 5.41) is 23.5. The lowest BCUT2D eigenvalue weighted by Crippen LogP contribution is -2.61. The summed E-state index contributed by atoms with van der Waals surface area (Å²) < 4.78 is 0. The van der Waals surface area contributed by atoms with E-state index in [1.54, 1.807) is 12.2 Å². The Kier molecular flexibility index (Phi) is 5.92. The van der Waals surface area contributed by atoms with E-state index in [0.717, 1.165) is 0 Å². The third-order valence-electron chi connectivity index (χ3n) is 4.23. The summed E-state index contributed by atoms with van der Waals surface area (Å²) in [6.45, 7) is -0.394. The van der Waals surface area contributed by atoms with E-state index >= 15 is 0 Å². The third-order valence-corrected chi connectivity index (χ3v) is 4.23. The Morgan fingerprint density at radius 2 is 1.27 bits per heavy atom. The first-order chi connectivity index (χ1) is 10.5. The first-order valence-electron chi connectivity index (χ1n) is 6.62. The quantitative estimate of drug-likeness (QED) is 0.296. The van der Waals surface area contributed by atoms with Crippen molar-refractivity contribution < 1.29 is 29.4 Å². The minimum absolute atomic E-state index is 0.0947. The summed E-state index contributed by atoms with van der Waals surface area (Å²) in [5.41, 5.74) is -3.58. The number of hydrogen-bond donors (Lipinski definition) is 0. The largest absolute Gasteiger partial charge is 0.550 e. The Morgan fingerprint density at radius 3 is 1.55 bits per heavy atom. The first kappa shape index (κ1) is 17.5. The van der Waals surface area contributed by atoms with Crippen molar-refractivity contribution in [3.8, 4) is 0 Å². The highest BCUT2D eigenvalue weighted by Gasteiger charge is 2.52. The molecule has 0 amide bonds. The fourth-order valence-electron chi connectivity index (χ4n) is 2.99. The first-order valence-corrected chi connectivity index (χ1v) is 6.62. The average molecular weight is 306 g/mol. The molecule has 0 heterocycles. The van der Waals surface area contributed by atoms with Crippen molar-refractivity contribution >= 4 is 24.1 Å². The van der Waals surface area contributed by atoms with E-state index < -0.39 is 22.8 Å². The molecule has 22 heavy (non-hydrogen) atoms. The van der Waals surface area contributed by atoms with E-state index in [2.05, 4.69) is 9.98 Å². The summed E-state index contributed by atoms with van der Waals surface area (Å²) in [4.78, 5) is 50.4. The highest BCUT2D eigenvalue weighted by Crippen LogP contribution is 2.52. The molecule has 0 saturated carbocycles. The van der Waals surface area contributed by atoms with Crippen LogP contribution in [0, 0.1) is 10.8 Å². The van der Waals surface area contributed by atoms with Gasteiger partial charge in [-0.05, 0) is 25.7 Å². The van der Waals surface area contributed by atoms with Gasteiger partial charge in [0.1, 0.15) is 0 Å². The highest BCUT2D eigenvalue weighted by atomic mass is 16.4. The molecule has 8 heteroatoms. The molecule has 0 aromatic carbocycles. The van der Waals surface area contributed by atoms with E-state index in [0.29, 0.717) is 0 Å². The molecule has 0 saturated heterocycles. The molecule has 0 bridgehead atoms. The van der Waals surface area contributed by atoms with Gasteiger partial charge < -0.3 is 19.8 Å². The normalized spacial score (nSPS) is 26.5. The van der Waals surface area contributed by atoms with Gasteiger partial charge in [-0.25, -0.2) is 19.6 Å². The van der Waals surface area contributed by atoms with Gasteiger partial charge in [-0.15, -0.1) is 0 Å². The van der Waals surface area contributed by atoms with Crippen LogP contribution in [0.15, 0.2) is 22.1 Å². The molecule has 0 fully saturated rings. The summed E-state index contributed by atoms with van der Waals surface area (Å²) >= 11 is 0. The van der Waals surface area contributed by atoms with Gasteiger partial charge in [-0.2, -0.15) is 0 Å². The van der Waals surface area contributed by atoms with E-state index in [4.69, 9.17) is 0 Å². The van der Waals surface area contributed by atoms with E-state index in [9.17, 15) is 29.4 Å². The molecule has 0 aliphatic heterocycles. The molecular formula is C14H14N2O6-2. The Hall–Kier alpha value is -2.56. The minimum atomic E-state index is -1.79. The Morgan fingerprint density at radius 1 is 0.909 bits per heavy atom. The molecule has 2 unspecified atom stereocenters. The lowest BCUT2D eigenvalue weighted by molar-refractivity contribution is -0.346. The third kappa shape index (κ3) is 3.03. The molecule has 0 aromatic heterocycles. The number of allylic oxidation sites excluding steroid dienone is 2. The van der Waals surface area contributed by atoms with Crippen molar-refractivity contribution in [1.29, 1.82) is 0 Å². The van der Waals surface area contributed by atoms with Crippen molar-refractivity contribution in [3.05, 3.63) is 12.2 Å². The number of carbonyl (C=O) groups excluding carboxylic acids is 4. The molecule has 1 aliphatic rings. The number of aliphatic carboxylic acids is 2. The molecule has 118 valence electrons. The van der Waals surface area contributed by atoms with Gasteiger partial charge in [0.25, 0.3) is 0 Å². The topological polar surface area (TPSA) is 139 Å². The van der Waals surface area contributed by atoms with Crippen molar-refractivity contribution in [2.24, 2.45) is 20.8 Å². The molecule has 1 rings (SSSR count). The Balaban J connectivity index is 3.33. The predicted molar refractivity (Wildman–Crippen MR) is 68.5 cm³/mol. The van der Waals surface area contributed by atoms with Crippen molar-refractivity contribution in [3.63, 3.8) is 0 Å².